The molecular weight excluding hydrogens is 210 g/mol. The van der Waals surface area contributed by atoms with E-state index in [0.29, 0.717) is 6.42 Å². The molecule has 0 aliphatic heterocycles. The summed E-state index contributed by atoms with van der Waals surface area (Å²) < 4.78 is 25.2. The summed E-state index contributed by atoms with van der Waals surface area (Å²) in [5.74, 6) is -0.765. The summed E-state index contributed by atoms with van der Waals surface area (Å²) in [6.45, 7) is 0.0111. The van der Waals surface area contributed by atoms with E-state index in [9.17, 15) is 8.78 Å². The maximum atomic E-state index is 12.6. The van der Waals surface area contributed by atoms with Gasteiger partial charge in [0.25, 0.3) is 0 Å². The van der Waals surface area contributed by atoms with Crippen molar-refractivity contribution in [3.63, 3.8) is 0 Å². The molecule has 1 atom stereocenters. The Hall–Kier alpha value is -1.42. The maximum Gasteiger partial charge on any atom is 0.242 e. The molecule has 0 radical (unpaired) electrons. The molecule has 1 aromatic heterocycles. The highest BCUT2D eigenvalue weighted by Crippen LogP contribution is 2.22. The third-order valence-electron chi connectivity index (χ3n) is 2.82. The molecule has 2 rings (SSSR count). The van der Waals surface area contributed by atoms with E-state index in [0.717, 1.165) is 16.5 Å². The number of nitrogens with two attached hydrogens (primary N) is 1. The summed E-state index contributed by atoms with van der Waals surface area (Å²) in [5, 5.41) is 1.00. The van der Waals surface area contributed by atoms with Crippen LogP contribution in [0.3, 0.4) is 0 Å². The Kier molecular flexibility index (Phi) is 3.19. The molecule has 2 aromatic rings. The Morgan fingerprint density at radius 2 is 2.00 bits per heavy atom. The second kappa shape index (κ2) is 4.61. The van der Waals surface area contributed by atoms with Crippen LogP contribution in [0.4, 0.5) is 8.78 Å². The molecule has 1 heterocycles. The van der Waals surface area contributed by atoms with E-state index in [2.05, 4.69) is 4.98 Å². The Morgan fingerprint density at radius 1 is 1.25 bits per heavy atom. The van der Waals surface area contributed by atoms with Gasteiger partial charge in [0.1, 0.15) is 0 Å². The van der Waals surface area contributed by atoms with Crippen molar-refractivity contribution < 1.29 is 8.78 Å². The lowest BCUT2D eigenvalue weighted by Gasteiger charge is -2.12. The smallest absolute Gasteiger partial charge is 0.242 e. The molecule has 0 amide bonds. The zero-order valence-electron chi connectivity index (χ0n) is 8.79. The first kappa shape index (κ1) is 11.1. The van der Waals surface area contributed by atoms with Gasteiger partial charge < -0.3 is 10.7 Å². The maximum absolute atomic E-state index is 12.6. The molecule has 1 unspecified atom stereocenters. The summed E-state index contributed by atoms with van der Waals surface area (Å²) >= 11 is 0. The number of H-pyrrole nitrogens is 1. The van der Waals surface area contributed by atoms with E-state index in [1.54, 1.807) is 6.20 Å². The third kappa shape index (κ3) is 2.07. The molecule has 4 heteroatoms. The van der Waals surface area contributed by atoms with Gasteiger partial charge in [-0.15, -0.1) is 0 Å². The molecular formula is C12H14F2N2. The number of aromatic amines is 1. The van der Waals surface area contributed by atoms with Crippen LogP contribution in [0.1, 0.15) is 5.56 Å². The fraction of sp³-hybridized carbons (Fsp3) is 0.333. The van der Waals surface area contributed by atoms with Gasteiger partial charge in [-0.05, 0) is 18.1 Å². The quantitative estimate of drug-likeness (QED) is 0.823. The molecule has 16 heavy (non-hydrogen) atoms. The van der Waals surface area contributed by atoms with Crippen molar-refractivity contribution in [1.82, 2.24) is 4.98 Å². The first-order valence-electron chi connectivity index (χ1n) is 5.25. The molecule has 0 bridgehead atoms. The molecule has 0 spiro atoms. The predicted octanol–water partition coefficient (Wildman–Crippen LogP) is 2.55. The SMILES string of the molecule is NCC(Cc1c[nH]c2ccccc12)C(F)F. The second-order valence-electron chi connectivity index (χ2n) is 3.89. The molecule has 0 saturated carbocycles. The highest BCUT2D eigenvalue weighted by atomic mass is 19.3. The van der Waals surface area contributed by atoms with Crippen LogP contribution in [0, 0.1) is 5.92 Å². The van der Waals surface area contributed by atoms with E-state index in [1.165, 1.54) is 0 Å². The topological polar surface area (TPSA) is 41.8 Å². The van der Waals surface area contributed by atoms with Crippen LogP contribution in [-0.4, -0.2) is 18.0 Å². The van der Waals surface area contributed by atoms with Gasteiger partial charge in [-0.2, -0.15) is 0 Å². The van der Waals surface area contributed by atoms with Crippen molar-refractivity contribution in [1.29, 1.82) is 0 Å². The van der Waals surface area contributed by atoms with E-state index in [4.69, 9.17) is 5.73 Å². The van der Waals surface area contributed by atoms with Crippen LogP contribution in [-0.2, 0) is 6.42 Å². The minimum atomic E-state index is -2.36. The van der Waals surface area contributed by atoms with Gasteiger partial charge >= 0.3 is 0 Å². The molecule has 0 fully saturated rings. The summed E-state index contributed by atoms with van der Waals surface area (Å²) in [7, 11) is 0. The molecule has 0 saturated heterocycles. The molecule has 0 aliphatic carbocycles. The number of rotatable bonds is 4. The van der Waals surface area contributed by atoms with Crippen LogP contribution in [0.2, 0.25) is 0 Å². The number of alkyl halides is 2. The lowest BCUT2D eigenvalue weighted by molar-refractivity contribution is 0.0816. The second-order valence-corrected chi connectivity index (χ2v) is 3.89. The van der Waals surface area contributed by atoms with Gasteiger partial charge in [0.15, 0.2) is 0 Å². The van der Waals surface area contributed by atoms with E-state index in [1.807, 2.05) is 24.3 Å². The van der Waals surface area contributed by atoms with Crippen LogP contribution in [0.15, 0.2) is 30.5 Å². The average Bonchev–Trinajstić information content (AvgIpc) is 2.69. The highest BCUT2D eigenvalue weighted by Gasteiger charge is 2.20. The number of aromatic nitrogens is 1. The van der Waals surface area contributed by atoms with Crippen molar-refractivity contribution in [2.45, 2.75) is 12.8 Å². The van der Waals surface area contributed by atoms with Gasteiger partial charge in [-0.25, -0.2) is 8.78 Å². The molecule has 2 nitrogen and oxygen atoms in total. The van der Waals surface area contributed by atoms with Crippen molar-refractivity contribution in [2.24, 2.45) is 11.7 Å². The molecule has 3 N–H and O–H groups in total. The van der Waals surface area contributed by atoms with Crippen molar-refractivity contribution in [2.75, 3.05) is 6.54 Å². The first-order valence-corrected chi connectivity index (χ1v) is 5.25. The number of hydrogen-bond donors (Lipinski definition) is 2. The van der Waals surface area contributed by atoms with Crippen molar-refractivity contribution >= 4 is 10.9 Å². The largest absolute Gasteiger partial charge is 0.361 e. The monoisotopic (exact) mass is 224 g/mol. The Labute approximate surface area is 92.5 Å². The lowest BCUT2D eigenvalue weighted by atomic mass is 9.99. The summed E-state index contributed by atoms with van der Waals surface area (Å²) in [6.07, 6.45) is -0.257. The molecule has 86 valence electrons. The van der Waals surface area contributed by atoms with Crippen LogP contribution in [0.25, 0.3) is 10.9 Å². The lowest BCUT2D eigenvalue weighted by Crippen LogP contribution is -2.23. The minimum Gasteiger partial charge on any atom is -0.361 e. The zero-order valence-corrected chi connectivity index (χ0v) is 8.79. The van der Waals surface area contributed by atoms with Crippen LogP contribution >= 0.6 is 0 Å². The van der Waals surface area contributed by atoms with Crippen LogP contribution < -0.4 is 5.73 Å². The third-order valence-corrected chi connectivity index (χ3v) is 2.82. The standard InChI is InChI=1S/C12H14F2N2/c13-12(14)8(6-15)5-9-7-16-11-4-2-1-3-10(9)11/h1-4,7-8,12,16H,5-6,15H2. The van der Waals surface area contributed by atoms with Gasteiger partial charge in [0.2, 0.25) is 6.43 Å². The van der Waals surface area contributed by atoms with E-state index < -0.39 is 12.3 Å². The molecule has 1 aromatic carbocycles. The Balaban J connectivity index is 2.27. The average molecular weight is 224 g/mol. The Bertz CT molecular complexity index is 465. The summed E-state index contributed by atoms with van der Waals surface area (Å²) in [5.41, 5.74) is 7.23. The van der Waals surface area contributed by atoms with Crippen molar-refractivity contribution in [3.8, 4) is 0 Å². The number of hydrogen-bond acceptors (Lipinski definition) is 1. The van der Waals surface area contributed by atoms with E-state index >= 15 is 0 Å². The fourth-order valence-corrected chi connectivity index (χ4v) is 1.86. The van der Waals surface area contributed by atoms with Crippen LogP contribution in [0.5, 0.6) is 0 Å². The van der Waals surface area contributed by atoms with E-state index in [-0.39, 0.29) is 6.54 Å². The number of halogens is 2. The van der Waals surface area contributed by atoms with Gasteiger partial charge in [0.05, 0.1) is 0 Å². The number of benzene rings is 1. The normalized spacial score (nSPS) is 13.5. The Morgan fingerprint density at radius 3 is 2.69 bits per heavy atom. The molecule has 0 aliphatic rings. The van der Waals surface area contributed by atoms with Gasteiger partial charge in [0, 0.05) is 29.6 Å². The first-order chi connectivity index (χ1) is 7.72. The highest BCUT2D eigenvalue weighted by molar-refractivity contribution is 5.83. The number of para-hydroxylation sites is 1. The zero-order chi connectivity index (χ0) is 11.5. The fourth-order valence-electron chi connectivity index (χ4n) is 1.86. The van der Waals surface area contributed by atoms with Crippen molar-refractivity contribution in [3.05, 3.63) is 36.0 Å². The minimum absolute atomic E-state index is 0.0111. The predicted molar refractivity (Wildman–Crippen MR) is 60.6 cm³/mol. The van der Waals surface area contributed by atoms with Gasteiger partial charge in [-0.3, -0.25) is 0 Å². The number of fused-ring (bicyclic) bond motifs is 1. The summed E-state index contributed by atoms with van der Waals surface area (Å²) in [4.78, 5) is 3.07. The summed E-state index contributed by atoms with van der Waals surface area (Å²) in [6, 6.07) is 7.68. The van der Waals surface area contributed by atoms with Gasteiger partial charge in [-0.1, -0.05) is 18.2 Å². The number of nitrogens with one attached hydrogen (secondary N) is 1.